The second-order valence-electron chi connectivity index (χ2n) is 8.23. The molecule has 1 heterocycles. The Balaban J connectivity index is 1.99. The molecule has 3 aromatic rings. The SMILES string of the molecule is CC(C)c1c(C(=O)Nc2ccccc2)c(-c2ccccc2)c(C2=CC=C(F)CC=C2)n1C. The fourth-order valence-electron chi connectivity index (χ4n) is 4.31. The zero-order valence-corrected chi connectivity index (χ0v) is 18.6. The van der Waals surface area contributed by atoms with Crippen molar-refractivity contribution >= 4 is 17.2 Å². The highest BCUT2D eigenvalue weighted by atomic mass is 19.1. The summed E-state index contributed by atoms with van der Waals surface area (Å²) in [7, 11) is 1.98. The molecule has 0 fully saturated rings. The van der Waals surface area contributed by atoms with Crippen LogP contribution in [0.4, 0.5) is 10.1 Å². The van der Waals surface area contributed by atoms with Gasteiger partial charge in [0.1, 0.15) is 5.83 Å². The van der Waals surface area contributed by atoms with Crippen LogP contribution in [0.2, 0.25) is 0 Å². The number of para-hydroxylation sites is 1. The molecule has 162 valence electrons. The molecule has 1 amide bonds. The number of hydrogen-bond donors (Lipinski definition) is 1. The van der Waals surface area contributed by atoms with Gasteiger partial charge in [-0.25, -0.2) is 4.39 Å². The summed E-state index contributed by atoms with van der Waals surface area (Å²) in [5.41, 5.74) is 5.92. The summed E-state index contributed by atoms with van der Waals surface area (Å²) in [6.45, 7) is 4.17. The number of nitrogens with one attached hydrogen (secondary N) is 1. The van der Waals surface area contributed by atoms with Crippen LogP contribution in [0.15, 0.2) is 90.8 Å². The Hall–Kier alpha value is -3.66. The molecule has 3 nitrogen and oxygen atoms in total. The molecule has 0 radical (unpaired) electrons. The van der Waals surface area contributed by atoms with Gasteiger partial charge in [0, 0.05) is 30.4 Å². The highest BCUT2D eigenvalue weighted by Gasteiger charge is 2.29. The van der Waals surface area contributed by atoms with Crippen LogP contribution in [0.25, 0.3) is 16.7 Å². The number of aromatic nitrogens is 1. The van der Waals surface area contributed by atoms with Crippen molar-refractivity contribution in [3.63, 3.8) is 0 Å². The molecule has 1 aliphatic rings. The fraction of sp³-hybridized carbons (Fsp3) is 0.179. The molecule has 0 atom stereocenters. The molecule has 0 saturated carbocycles. The predicted molar refractivity (Wildman–Crippen MR) is 130 cm³/mol. The van der Waals surface area contributed by atoms with E-state index in [0.29, 0.717) is 5.56 Å². The van der Waals surface area contributed by atoms with Crippen LogP contribution in [0.5, 0.6) is 0 Å². The van der Waals surface area contributed by atoms with Gasteiger partial charge >= 0.3 is 0 Å². The average Bonchev–Trinajstić information content (AvgIpc) is 2.94. The maximum Gasteiger partial charge on any atom is 0.258 e. The third-order valence-corrected chi connectivity index (χ3v) is 5.64. The molecular formula is C28H27FN2O. The first-order valence-corrected chi connectivity index (χ1v) is 10.8. The van der Waals surface area contributed by atoms with Gasteiger partial charge in [-0.2, -0.15) is 0 Å². The van der Waals surface area contributed by atoms with Gasteiger partial charge in [-0.15, -0.1) is 0 Å². The molecule has 2 aromatic carbocycles. The highest BCUT2D eigenvalue weighted by molar-refractivity contribution is 6.12. The lowest BCUT2D eigenvalue weighted by Gasteiger charge is -2.13. The molecule has 0 bridgehead atoms. The molecular weight excluding hydrogens is 399 g/mol. The number of halogens is 1. The van der Waals surface area contributed by atoms with Crippen LogP contribution >= 0.6 is 0 Å². The minimum absolute atomic E-state index is 0.107. The fourth-order valence-corrected chi connectivity index (χ4v) is 4.31. The second-order valence-corrected chi connectivity index (χ2v) is 8.23. The van der Waals surface area contributed by atoms with Crippen LogP contribution in [-0.2, 0) is 7.05 Å². The van der Waals surface area contributed by atoms with E-state index >= 15 is 0 Å². The Labute approximate surface area is 188 Å². The Morgan fingerprint density at radius 3 is 2.31 bits per heavy atom. The van der Waals surface area contributed by atoms with E-state index in [1.807, 2.05) is 79.9 Å². The number of amides is 1. The standard InChI is InChI=1S/C28H27FN2O/c1-19(2)26-25(28(32)30-23-15-8-5-9-16-23)24(20-11-6-4-7-12-20)27(31(26)3)21-13-10-14-22(29)18-17-21/h4-13,15-19H,14H2,1-3H3,(H,30,32). The van der Waals surface area contributed by atoms with E-state index in [1.54, 1.807) is 6.08 Å². The lowest BCUT2D eigenvalue weighted by atomic mass is 9.94. The minimum atomic E-state index is -0.183. The number of benzene rings is 2. The zero-order valence-electron chi connectivity index (χ0n) is 18.6. The van der Waals surface area contributed by atoms with Gasteiger partial charge in [-0.05, 0) is 35.3 Å². The minimum Gasteiger partial charge on any atom is -0.346 e. The van der Waals surface area contributed by atoms with Crippen molar-refractivity contribution in [2.24, 2.45) is 7.05 Å². The third kappa shape index (κ3) is 4.22. The maximum atomic E-state index is 13.9. The van der Waals surface area contributed by atoms with Crippen LogP contribution in [0, 0.1) is 0 Å². The van der Waals surface area contributed by atoms with Crippen molar-refractivity contribution in [1.29, 1.82) is 0 Å². The van der Waals surface area contributed by atoms with Crippen LogP contribution < -0.4 is 5.32 Å². The number of rotatable bonds is 5. The number of carbonyl (C=O) groups is 1. The molecule has 0 unspecified atom stereocenters. The normalized spacial score (nSPS) is 13.5. The van der Waals surface area contributed by atoms with Gasteiger partial charge < -0.3 is 9.88 Å². The van der Waals surface area contributed by atoms with E-state index < -0.39 is 0 Å². The van der Waals surface area contributed by atoms with Crippen LogP contribution in [0.3, 0.4) is 0 Å². The monoisotopic (exact) mass is 426 g/mol. The van der Waals surface area contributed by atoms with E-state index in [9.17, 15) is 9.18 Å². The van der Waals surface area contributed by atoms with Gasteiger partial charge in [-0.1, -0.05) is 80.6 Å². The van der Waals surface area contributed by atoms with Crippen LogP contribution in [0.1, 0.15) is 47.9 Å². The summed E-state index contributed by atoms with van der Waals surface area (Å²) in [5.74, 6) is -0.228. The average molecular weight is 427 g/mol. The van der Waals surface area contributed by atoms with E-state index in [-0.39, 0.29) is 24.1 Å². The van der Waals surface area contributed by atoms with E-state index in [4.69, 9.17) is 0 Å². The summed E-state index contributed by atoms with van der Waals surface area (Å²) >= 11 is 0. The molecule has 1 aliphatic carbocycles. The van der Waals surface area contributed by atoms with Gasteiger partial charge in [0.15, 0.2) is 0 Å². The smallest absolute Gasteiger partial charge is 0.258 e. The second kappa shape index (κ2) is 9.23. The third-order valence-electron chi connectivity index (χ3n) is 5.64. The number of allylic oxidation sites excluding steroid dienone is 6. The van der Waals surface area contributed by atoms with Crippen molar-refractivity contribution < 1.29 is 9.18 Å². The summed E-state index contributed by atoms with van der Waals surface area (Å²) in [6.07, 6.45) is 7.34. The quantitative estimate of drug-likeness (QED) is 0.457. The van der Waals surface area contributed by atoms with Crippen LogP contribution in [-0.4, -0.2) is 10.5 Å². The van der Waals surface area contributed by atoms with Crippen molar-refractivity contribution in [3.8, 4) is 11.1 Å². The van der Waals surface area contributed by atoms with Crippen molar-refractivity contribution in [1.82, 2.24) is 4.57 Å². The zero-order chi connectivity index (χ0) is 22.7. The Bertz CT molecular complexity index is 1220. The molecule has 0 aliphatic heterocycles. The number of hydrogen-bond acceptors (Lipinski definition) is 1. The number of carbonyl (C=O) groups excluding carboxylic acids is 1. The largest absolute Gasteiger partial charge is 0.346 e. The Kier molecular flexibility index (Phi) is 6.22. The Morgan fingerprint density at radius 1 is 1.00 bits per heavy atom. The number of anilines is 1. The molecule has 4 heteroatoms. The van der Waals surface area contributed by atoms with Gasteiger partial charge in [0.2, 0.25) is 0 Å². The van der Waals surface area contributed by atoms with Crippen molar-refractivity contribution in [2.75, 3.05) is 5.32 Å². The highest BCUT2D eigenvalue weighted by Crippen LogP contribution is 2.40. The number of nitrogens with zero attached hydrogens (tertiary/aromatic N) is 1. The predicted octanol–water partition coefficient (Wildman–Crippen LogP) is 7.26. The van der Waals surface area contributed by atoms with E-state index in [1.165, 1.54) is 6.08 Å². The Morgan fingerprint density at radius 2 is 1.66 bits per heavy atom. The lowest BCUT2D eigenvalue weighted by Crippen LogP contribution is -2.15. The van der Waals surface area contributed by atoms with Crippen molar-refractivity contribution in [3.05, 3.63) is 108 Å². The molecule has 4 rings (SSSR count). The topological polar surface area (TPSA) is 34.0 Å². The van der Waals surface area contributed by atoms with Crippen molar-refractivity contribution in [2.45, 2.75) is 26.2 Å². The van der Waals surface area contributed by atoms with E-state index in [0.717, 1.165) is 33.8 Å². The maximum absolute atomic E-state index is 13.9. The van der Waals surface area contributed by atoms with Gasteiger partial charge in [0.05, 0.1) is 11.3 Å². The summed E-state index contributed by atoms with van der Waals surface area (Å²) in [4.78, 5) is 13.7. The molecule has 1 N–H and O–H groups in total. The van der Waals surface area contributed by atoms with Gasteiger partial charge in [-0.3, -0.25) is 4.79 Å². The van der Waals surface area contributed by atoms with E-state index in [2.05, 4.69) is 23.7 Å². The summed E-state index contributed by atoms with van der Waals surface area (Å²) < 4.78 is 16.0. The molecule has 32 heavy (non-hydrogen) atoms. The molecule has 0 saturated heterocycles. The van der Waals surface area contributed by atoms with Gasteiger partial charge in [0.25, 0.3) is 5.91 Å². The molecule has 0 spiro atoms. The first kappa shape index (κ1) is 21.6. The summed E-state index contributed by atoms with van der Waals surface area (Å²) in [5, 5.41) is 3.06. The first-order chi connectivity index (χ1) is 15.5. The first-order valence-electron chi connectivity index (χ1n) is 10.8. The lowest BCUT2D eigenvalue weighted by molar-refractivity contribution is 0.102. The summed E-state index contributed by atoms with van der Waals surface area (Å²) in [6, 6.07) is 19.4. The molecule has 1 aromatic heterocycles.